The molecular weight excluding hydrogens is 594 g/mol. The van der Waals surface area contributed by atoms with Gasteiger partial charge < -0.3 is 34.3 Å². The van der Waals surface area contributed by atoms with E-state index in [0.29, 0.717) is 29.2 Å². The van der Waals surface area contributed by atoms with Crippen molar-refractivity contribution in [2.75, 3.05) is 32.9 Å². The van der Waals surface area contributed by atoms with E-state index in [9.17, 15) is 15.3 Å². The molecule has 0 aromatic rings. The Labute approximate surface area is 283 Å². The average molecular weight is 660 g/mol. The van der Waals surface area contributed by atoms with Crippen molar-refractivity contribution in [3.8, 4) is 0 Å². The molecule has 14 atom stereocenters. The lowest BCUT2D eigenvalue weighted by atomic mass is 9.41. The lowest BCUT2D eigenvalue weighted by molar-refractivity contribution is -0.252. The minimum absolute atomic E-state index is 0.0157. The Bertz CT molecular complexity index is 1200. The van der Waals surface area contributed by atoms with Crippen LogP contribution in [-0.4, -0.2) is 102 Å². The second-order valence-corrected chi connectivity index (χ2v) is 19.4. The largest absolute Gasteiger partial charge is 0.390 e. The molecule has 8 nitrogen and oxygen atoms in total. The standard InChI is InChI=1S/C39H65NO7/c1-23-20-25(32(41)35(4,5)43)46-31-30(23)36(6)14-15-39-22-38(39)13-10-28(34(2,3)26(38)8-9-27(39)37(36,7)33(31)42)47-29-21-40(16-19-45-29)24-11-17-44-18-12-24/h23-33,41-43H,8-22H2,1-7H3/t23-,25?,26+,27?,28?,29+,30+,31?,32?,33+,36?,37-,38?,39?/m1/s1. The van der Waals surface area contributed by atoms with Crippen molar-refractivity contribution in [1.29, 1.82) is 0 Å². The van der Waals surface area contributed by atoms with Crippen LogP contribution in [0.15, 0.2) is 0 Å². The predicted octanol–water partition coefficient (Wildman–Crippen LogP) is 5.15. The molecule has 0 bridgehead atoms. The van der Waals surface area contributed by atoms with Crippen molar-refractivity contribution in [2.45, 2.75) is 161 Å². The third-order valence-electron chi connectivity index (χ3n) is 16.9. The third-order valence-corrected chi connectivity index (χ3v) is 16.9. The van der Waals surface area contributed by atoms with E-state index >= 15 is 0 Å². The molecule has 8 rings (SSSR count). The summed E-state index contributed by atoms with van der Waals surface area (Å²) in [5, 5.41) is 34.2. The Balaban J connectivity index is 1.01. The Hall–Kier alpha value is -0.320. The molecular formula is C39H65NO7. The van der Waals surface area contributed by atoms with Gasteiger partial charge in [-0.05, 0) is 123 Å². The third kappa shape index (κ3) is 4.60. The van der Waals surface area contributed by atoms with Gasteiger partial charge in [0.2, 0.25) is 0 Å². The second kappa shape index (κ2) is 11.1. The Morgan fingerprint density at radius 1 is 0.915 bits per heavy atom. The van der Waals surface area contributed by atoms with Crippen LogP contribution in [0.4, 0.5) is 0 Å². The highest BCUT2D eigenvalue weighted by Crippen LogP contribution is 2.89. The summed E-state index contributed by atoms with van der Waals surface area (Å²) >= 11 is 0. The highest BCUT2D eigenvalue weighted by molar-refractivity contribution is 5.33. The van der Waals surface area contributed by atoms with Crippen LogP contribution in [0.3, 0.4) is 0 Å². The fraction of sp³-hybridized carbons (Fsp3) is 1.00. The number of fused-ring (bicyclic) bond motifs is 4. The van der Waals surface area contributed by atoms with Crippen molar-refractivity contribution >= 4 is 0 Å². The summed E-state index contributed by atoms with van der Waals surface area (Å²) in [7, 11) is 0. The molecule has 5 aliphatic carbocycles. The van der Waals surface area contributed by atoms with Gasteiger partial charge in [0, 0.05) is 37.8 Å². The van der Waals surface area contributed by atoms with E-state index in [1.54, 1.807) is 13.8 Å². The fourth-order valence-corrected chi connectivity index (χ4v) is 14.5. The first-order chi connectivity index (χ1) is 22.1. The van der Waals surface area contributed by atoms with Gasteiger partial charge in [0.1, 0.15) is 6.10 Å². The van der Waals surface area contributed by atoms with Gasteiger partial charge in [-0.3, -0.25) is 4.90 Å². The van der Waals surface area contributed by atoms with Gasteiger partial charge >= 0.3 is 0 Å². The summed E-state index contributed by atoms with van der Waals surface area (Å²) in [4.78, 5) is 2.59. The monoisotopic (exact) mass is 659 g/mol. The van der Waals surface area contributed by atoms with Crippen molar-refractivity contribution in [1.82, 2.24) is 4.90 Å². The maximum atomic E-state index is 12.5. The highest BCUT2D eigenvalue weighted by Gasteiger charge is 2.84. The molecule has 8 heteroatoms. The van der Waals surface area contributed by atoms with Gasteiger partial charge in [-0.15, -0.1) is 0 Å². The van der Waals surface area contributed by atoms with Crippen LogP contribution in [0.1, 0.15) is 113 Å². The van der Waals surface area contributed by atoms with Crippen molar-refractivity contribution < 1.29 is 34.3 Å². The SMILES string of the molecule is C[C@@H]1CC(C(O)C(C)(C)O)OC2[C@H]1C1(C)CCC34CC35CCC(O[C@H]3CN(C6CCOCC6)CCO3)C(C)(C)[C@@H]5CCC4[C@]1(C)[C@H]2O. The van der Waals surface area contributed by atoms with E-state index in [4.69, 9.17) is 18.9 Å². The van der Waals surface area contributed by atoms with E-state index in [1.165, 1.54) is 25.7 Å². The zero-order valence-corrected chi connectivity index (χ0v) is 30.4. The highest BCUT2D eigenvalue weighted by atomic mass is 16.7. The molecule has 3 N–H and O–H groups in total. The number of aliphatic hydroxyl groups is 3. The summed E-state index contributed by atoms with van der Waals surface area (Å²) in [5.41, 5.74) is -0.800. The minimum Gasteiger partial charge on any atom is -0.390 e. The first-order valence-corrected chi connectivity index (χ1v) is 19.4. The molecule has 8 fully saturated rings. The predicted molar refractivity (Wildman–Crippen MR) is 178 cm³/mol. The molecule has 3 heterocycles. The van der Waals surface area contributed by atoms with E-state index in [1.807, 2.05) is 0 Å². The number of ether oxygens (including phenoxy) is 4. The van der Waals surface area contributed by atoms with Gasteiger partial charge in [-0.25, -0.2) is 0 Å². The van der Waals surface area contributed by atoms with Crippen molar-refractivity contribution in [3.05, 3.63) is 0 Å². The maximum Gasteiger partial charge on any atom is 0.170 e. The minimum atomic E-state index is -1.24. The number of rotatable bonds is 5. The van der Waals surface area contributed by atoms with Gasteiger partial charge in [0.15, 0.2) is 6.29 Å². The Morgan fingerprint density at radius 3 is 2.34 bits per heavy atom. The number of morpholine rings is 1. The van der Waals surface area contributed by atoms with Gasteiger partial charge in [0.25, 0.3) is 0 Å². The number of nitrogens with zero attached hydrogens (tertiary/aromatic N) is 1. The van der Waals surface area contributed by atoms with Crippen LogP contribution in [0.25, 0.3) is 0 Å². The summed E-state index contributed by atoms with van der Waals surface area (Å²) < 4.78 is 25.6. The number of aliphatic hydroxyl groups excluding tert-OH is 2. The van der Waals surface area contributed by atoms with E-state index in [0.717, 1.165) is 71.4 Å². The molecule has 8 unspecified atom stereocenters. The summed E-state index contributed by atoms with van der Waals surface area (Å²) in [6.07, 6.45) is 9.05. The molecule has 0 aromatic carbocycles. The van der Waals surface area contributed by atoms with E-state index in [-0.39, 0.29) is 46.1 Å². The molecule has 5 saturated carbocycles. The molecule has 0 aromatic heterocycles. The molecule has 3 aliphatic heterocycles. The lowest BCUT2D eigenvalue weighted by Crippen LogP contribution is -2.60. The quantitative estimate of drug-likeness (QED) is 0.373. The number of hydrogen-bond acceptors (Lipinski definition) is 8. The van der Waals surface area contributed by atoms with Crippen molar-refractivity contribution in [3.63, 3.8) is 0 Å². The molecule has 0 amide bonds. The summed E-state index contributed by atoms with van der Waals surface area (Å²) in [5.74, 6) is 1.67. The van der Waals surface area contributed by atoms with Crippen molar-refractivity contribution in [2.24, 2.45) is 50.7 Å². The maximum absolute atomic E-state index is 12.5. The molecule has 0 radical (unpaired) electrons. The van der Waals surface area contributed by atoms with Crippen LogP contribution >= 0.6 is 0 Å². The summed E-state index contributed by atoms with van der Waals surface area (Å²) in [6, 6.07) is 0.585. The normalized spacial score (nSPS) is 53.6. The smallest absolute Gasteiger partial charge is 0.170 e. The second-order valence-electron chi connectivity index (χ2n) is 19.4. The molecule has 268 valence electrons. The average Bonchev–Trinajstić information content (AvgIpc) is 3.67. The molecule has 2 spiro atoms. The fourth-order valence-electron chi connectivity index (χ4n) is 14.5. The number of hydrogen-bond donors (Lipinski definition) is 3. The van der Waals surface area contributed by atoms with Crippen LogP contribution < -0.4 is 0 Å². The van der Waals surface area contributed by atoms with Crippen LogP contribution in [0.2, 0.25) is 0 Å². The van der Waals surface area contributed by atoms with Gasteiger partial charge in [0.05, 0.1) is 36.6 Å². The summed E-state index contributed by atoms with van der Waals surface area (Å²) in [6.45, 7) is 19.8. The van der Waals surface area contributed by atoms with E-state index < -0.39 is 23.9 Å². The van der Waals surface area contributed by atoms with E-state index in [2.05, 4.69) is 39.5 Å². The zero-order chi connectivity index (χ0) is 33.4. The van der Waals surface area contributed by atoms with Gasteiger partial charge in [-0.2, -0.15) is 0 Å². The molecule has 8 aliphatic rings. The topological polar surface area (TPSA) is 101 Å². The van der Waals surface area contributed by atoms with Crippen LogP contribution in [-0.2, 0) is 18.9 Å². The lowest BCUT2D eigenvalue weighted by Gasteiger charge is -2.64. The van der Waals surface area contributed by atoms with Gasteiger partial charge in [-0.1, -0.05) is 34.6 Å². The molecule has 47 heavy (non-hydrogen) atoms. The zero-order valence-electron chi connectivity index (χ0n) is 30.4. The van der Waals surface area contributed by atoms with Crippen LogP contribution in [0.5, 0.6) is 0 Å². The Kier molecular flexibility index (Phi) is 7.98. The molecule has 3 saturated heterocycles. The van der Waals surface area contributed by atoms with Crippen LogP contribution in [0, 0.1) is 50.7 Å². The Morgan fingerprint density at radius 2 is 1.62 bits per heavy atom. The first kappa shape index (κ1) is 33.8. The first-order valence-electron chi connectivity index (χ1n) is 19.4.